The molecule has 0 saturated heterocycles. The predicted octanol–water partition coefficient (Wildman–Crippen LogP) is 2.28. The van der Waals surface area contributed by atoms with Crippen LogP contribution >= 0.6 is 0 Å². The first kappa shape index (κ1) is 18.1. The van der Waals surface area contributed by atoms with Gasteiger partial charge in [-0.25, -0.2) is 0 Å². The molecule has 0 heterocycles. The third kappa shape index (κ3) is 5.30. The highest BCUT2D eigenvalue weighted by atomic mass is 19.4. The molecule has 1 unspecified atom stereocenters. The lowest BCUT2D eigenvalue weighted by atomic mass is 10.0. The van der Waals surface area contributed by atoms with Crippen molar-refractivity contribution in [3.8, 4) is 0 Å². The van der Waals surface area contributed by atoms with Crippen molar-refractivity contribution in [2.75, 3.05) is 20.6 Å². The van der Waals surface area contributed by atoms with Gasteiger partial charge in [-0.3, -0.25) is 4.79 Å². The van der Waals surface area contributed by atoms with Crippen molar-refractivity contribution in [1.29, 1.82) is 0 Å². The number of hydrogen-bond acceptors (Lipinski definition) is 2. The quantitative estimate of drug-likeness (QED) is 0.761. The summed E-state index contributed by atoms with van der Waals surface area (Å²) in [6, 6.07) is -0.298. The highest BCUT2D eigenvalue weighted by Crippen LogP contribution is 2.35. The van der Waals surface area contributed by atoms with Gasteiger partial charge < -0.3 is 10.2 Å². The van der Waals surface area contributed by atoms with Crippen LogP contribution in [-0.4, -0.2) is 49.6 Å². The number of likely N-dealkylation sites (N-methyl/N-ethyl adjacent to an activating group) is 1. The molecule has 0 saturated carbocycles. The van der Waals surface area contributed by atoms with E-state index < -0.39 is 18.0 Å². The van der Waals surface area contributed by atoms with E-state index in [1.165, 1.54) is 0 Å². The van der Waals surface area contributed by atoms with E-state index in [0.717, 1.165) is 0 Å². The zero-order chi connectivity index (χ0) is 15.4. The number of nitrogens with one attached hydrogen (secondary N) is 1. The Morgan fingerprint density at radius 3 is 1.95 bits per heavy atom. The van der Waals surface area contributed by atoms with Crippen LogP contribution in [0.4, 0.5) is 22.0 Å². The smallest absolute Gasteiger partial charge is 0.349 e. The fourth-order valence-electron chi connectivity index (χ4n) is 1.47. The Hall–Kier alpha value is -0.920. The van der Waals surface area contributed by atoms with Gasteiger partial charge in [0.05, 0.1) is 0 Å². The monoisotopic (exact) mass is 290 g/mol. The molecule has 3 nitrogen and oxygen atoms in total. The Labute approximate surface area is 109 Å². The highest BCUT2D eigenvalue weighted by molar-refractivity contribution is 5.84. The molecular formula is C11H19F5N2O. The van der Waals surface area contributed by atoms with Crippen LogP contribution in [0.3, 0.4) is 0 Å². The second kappa shape index (κ2) is 6.49. The van der Waals surface area contributed by atoms with Gasteiger partial charge in [-0.1, -0.05) is 13.8 Å². The standard InChI is InChI=1S/C11H19F5N2O/c1-7(2)5-8(18(3)4)6-17-9(19)10(12,13)11(14,15)16/h7-8H,5-6H2,1-4H3,(H,17,19). The van der Waals surface area contributed by atoms with Crippen LogP contribution in [0.5, 0.6) is 0 Å². The maximum atomic E-state index is 12.7. The minimum atomic E-state index is -5.87. The van der Waals surface area contributed by atoms with Crippen LogP contribution in [0.2, 0.25) is 0 Å². The molecule has 19 heavy (non-hydrogen) atoms. The van der Waals surface area contributed by atoms with Crippen molar-refractivity contribution in [3.05, 3.63) is 0 Å². The molecule has 0 spiro atoms. The number of rotatable bonds is 6. The molecule has 114 valence electrons. The summed E-state index contributed by atoms with van der Waals surface area (Å²) < 4.78 is 61.2. The van der Waals surface area contributed by atoms with Gasteiger partial charge in [0.15, 0.2) is 0 Å². The molecule has 1 amide bonds. The molecule has 0 aromatic heterocycles. The SMILES string of the molecule is CC(C)CC(CNC(=O)C(F)(F)C(F)(F)F)N(C)C. The Balaban J connectivity index is 4.57. The normalized spacial score (nSPS) is 14.9. The van der Waals surface area contributed by atoms with Gasteiger partial charge >= 0.3 is 12.1 Å². The fraction of sp³-hybridized carbons (Fsp3) is 0.909. The molecule has 1 atom stereocenters. The third-order valence-corrected chi connectivity index (χ3v) is 2.61. The first-order chi connectivity index (χ1) is 8.39. The van der Waals surface area contributed by atoms with E-state index in [1.54, 1.807) is 24.3 Å². The Bertz CT molecular complexity index is 302. The maximum absolute atomic E-state index is 12.7. The molecule has 0 radical (unpaired) electrons. The van der Waals surface area contributed by atoms with Crippen LogP contribution in [0.1, 0.15) is 20.3 Å². The van der Waals surface area contributed by atoms with Crippen molar-refractivity contribution < 1.29 is 26.7 Å². The van der Waals surface area contributed by atoms with Crippen LogP contribution < -0.4 is 5.32 Å². The second-order valence-corrected chi connectivity index (χ2v) is 5.03. The molecule has 0 bridgehead atoms. The molecule has 0 aromatic rings. The highest BCUT2D eigenvalue weighted by Gasteiger charge is 2.63. The van der Waals surface area contributed by atoms with Crippen molar-refractivity contribution in [3.63, 3.8) is 0 Å². The summed E-state index contributed by atoms with van der Waals surface area (Å²) in [5.74, 6) is -7.44. The average Bonchev–Trinajstić information content (AvgIpc) is 2.20. The Morgan fingerprint density at radius 2 is 1.63 bits per heavy atom. The molecule has 8 heteroatoms. The molecule has 0 aliphatic carbocycles. The van der Waals surface area contributed by atoms with E-state index in [9.17, 15) is 26.7 Å². The van der Waals surface area contributed by atoms with Gasteiger partial charge in [0.1, 0.15) is 0 Å². The first-order valence-corrected chi connectivity index (χ1v) is 5.78. The maximum Gasteiger partial charge on any atom is 0.463 e. The molecular weight excluding hydrogens is 271 g/mol. The topological polar surface area (TPSA) is 32.3 Å². The molecule has 0 fully saturated rings. The van der Waals surface area contributed by atoms with Crippen LogP contribution in [-0.2, 0) is 4.79 Å². The number of alkyl halides is 5. The van der Waals surface area contributed by atoms with Crippen LogP contribution in [0.15, 0.2) is 0 Å². The third-order valence-electron chi connectivity index (χ3n) is 2.61. The van der Waals surface area contributed by atoms with Crippen molar-refractivity contribution >= 4 is 5.91 Å². The van der Waals surface area contributed by atoms with Gasteiger partial charge in [-0.05, 0) is 26.4 Å². The summed E-state index contributed by atoms with van der Waals surface area (Å²) in [6.45, 7) is 3.53. The number of carbonyl (C=O) groups is 1. The summed E-state index contributed by atoms with van der Waals surface area (Å²) in [5, 5.41) is 1.67. The van der Waals surface area contributed by atoms with E-state index >= 15 is 0 Å². The summed E-state index contributed by atoms with van der Waals surface area (Å²) in [5.41, 5.74) is 0. The van der Waals surface area contributed by atoms with E-state index in [-0.39, 0.29) is 18.5 Å². The number of halogens is 5. The molecule has 0 aliphatic rings. The van der Waals surface area contributed by atoms with Crippen molar-refractivity contribution in [1.82, 2.24) is 10.2 Å². The van der Waals surface area contributed by atoms with Gasteiger partial charge in [0, 0.05) is 12.6 Å². The summed E-state index contributed by atoms with van der Waals surface area (Å²) in [6.07, 6.45) is -5.30. The van der Waals surface area contributed by atoms with E-state index in [2.05, 4.69) is 0 Å². The van der Waals surface area contributed by atoms with Crippen LogP contribution in [0, 0.1) is 5.92 Å². The summed E-state index contributed by atoms with van der Waals surface area (Å²) in [4.78, 5) is 12.6. The minimum Gasteiger partial charge on any atom is -0.349 e. The second-order valence-electron chi connectivity index (χ2n) is 5.03. The molecule has 1 N–H and O–H groups in total. The first-order valence-electron chi connectivity index (χ1n) is 5.78. The van der Waals surface area contributed by atoms with E-state index in [4.69, 9.17) is 0 Å². The Morgan fingerprint density at radius 1 is 1.16 bits per heavy atom. The van der Waals surface area contributed by atoms with Gasteiger partial charge in [-0.2, -0.15) is 22.0 Å². The van der Waals surface area contributed by atoms with Crippen LogP contribution in [0.25, 0.3) is 0 Å². The average molecular weight is 290 g/mol. The number of amides is 1. The lowest BCUT2D eigenvalue weighted by Crippen LogP contribution is -2.53. The van der Waals surface area contributed by atoms with Gasteiger partial charge in [-0.15, -0.1) is 0 Å². The lowest BCUT2D eigenvalue weighted by Gasteiger charge is -2.27. The molecule has 0 rings (SSSR count). The number of hydrogen-bond donors (Lipinski definition) is 1. The lowest BCUT2D eigenvalue weighted by molar-refractivity contribution is -0.269. The van der Waals surface area contributed by atoms with Gasteiger partial charge in [0.2, 0.25) is 0 Å². The fourth-order valence-corrected chi connectivity index (χ4v) is 1.47. The predicted molar refractivity (Wildman–Crippen MR) is 60.9 cm³/mol. The largest absolute Gasteiger partial charge is 0.463 e. The zero-order valence-corrected chi connectivity index (χ0v) is 11.3. The van der Waals surface area contributed by atoms with E-state index in [1.807, 2.05) is 13.8 Å². The van der Waals surface area contributed by atoms with E-state index in [0.29, 0.717) is 6.42 Å². The molecule has 0 aromatic carbocycles. The minimum absolute atomic E-state index is 0.229. The van der Waals surface area contributed by atoms with Crippen molar-refractivity contribution in [2.24, 2.45) is 5.92 Å². The Kier molecular flexibility index (Phi) is 6.18. The summed E-state index contributed by atoms with van der Waals surface area (Å²) >= 11 is 0. The molecule has 0 aliphatic heterocycles. The number of carbonyl (C=O) groups excluding carboxylic acids is 1. The van der Waals surface area contributed by atoms with Crippen molar-refractivity contribution in [2.45, 2.75) is 38.4 Å². The zero-order valence-electron chi connectivity index (χ0n) is 11.3. The summed E-state index contributed by atoms with van der Waals surface area (Å²) in [7, 11) is 3.34. The van der Waals surface area contributed by atoms with Gasteiger partial charge in [0.25, 0.3) is 5.91 Å². The number of nitrogens with zero attached hydrogens (tertiary/aromatic N) is 1.